The highest BCUT2D eigenvalue weighted by Gasteiger charge is 2.22. The van der Waals surface area contributed by atoms with Crippen molar-refractivity contribution in [3.05, 3.63) is 11.3 Å². The third-order valence-corrected chi connectivity index (χ3v) is 9.67. The van der Waals surface area contributed by atoms with E-state index in [-0.39, 0.29) is 9.52 Å². The van der Waals surface area contributed by atoms with Crippen LogP contribution in [0.1, 0.15) is 13.8 Å². The molecule has 0 aromatic rings. The van der Waals surface area contributed by atoms with Gasteiger partial charge in [-0.05, 0) is 34.0 Å². The Labute approximate surface area is 87.1 Å². The summed E-state index contributed by atoms with van der Waals surface area (Å²) in [5, 5.41) is 1.67. The van der Waals surface area contributed by atoms with Gasteiger partial charge in [0.2, 0.25) is 0 Å². The van der Waals surface area contributed by atoms with Gasteiger partial charge in [0, 0.05) is 9.52 Å². The average Bonchev–Trinajstić information content (AvgIpc) is 2.03. The smallest absolute Gasteiger partial charge is 0.121 e. The van der Waals surface area contributed by atoms with Crippen LogP contribution in [0.25, 0.3) is 0 Å². The van der Waals surface area contributed by atoms with Gasteiger partial charge in [-0.15, -0.1) is 0 Å². The second-order valence-electron chi connectivity index (χ2n) is 4.70. The highest BCUT2D eigenvalue weighted by molar-refractivity contribution is 6.75. The van der Waals surface area contributed by atoms with Crippen molar-refractivity contribution in [2.45, 2.75) is 39.0 Å². The first-order chi connectivity index (χ1) is 5.90. The van der Waals surface area contributed by atoms with Crippen LogP contribution in [0.3, 0.4) is 0 Å². The molecule has 0 aliphatic carbocycles. The first-order valence-corrected chi connectivity index (χ1v) is 10.1. The van der Waals surface area contributed by atoms with Gasteiger partial charge in [0.25, 0.3) is 0 Å². The zero-order valence-corrected chi connectivity index (χ0v) is 12.6. The van der Waals surface area contributed by atoms with Crippen molar-refractivity contribution >= 4 is 17.8 Å². The maximum atomic E-state index is 2.46. The number of nitrogens with zero attached hydrogens (tertiary/aromatic N) is 1. The average molecular weight is 215 g/mol. The van der Waals surface area contributed by atoms with Gasteiger partial charge in [0.05, 0.1) is 0 Å². The molecule has 3 heteroatoms. The van der Waals surface area contributed by atoms with Crippen molar-refractivity contribution in [3.8, 4) is 0 Å². The van der Waals surface area contributed by atoms with Crippen molar-refractivity contribution in [1.29, 1.82) is 0 Å². The van der Waals surface area contributed by atoms with Gasteiger partial charge < -0.3 is 4.57 Å². The Hall–Kier alpha value is 0.134. The molecule has 0 aromatic carbocycles. The lowest BCUT2D eigenvalue weighted by Crippen LogP contribution is -2.43. The Morgan fingerprint density at radius 2 is 1.92 bits per heavy atom. The zero-order chi connectivity index (χ0) is 10.5. The lowest BCUT2D eigenvalue weighted by molar-refractivity contribution is 0.619. The summed E-state index contributed by atoms with van der Waals surface area (Å²) < 4.78 is 2.46. The summed E-state index contributed by atoms with van der Waals surface area (Å²) in [4.78, 5) is 0. The largest absolute Gasteiger partial charge is 0.329 e. The van der Waals surface area contributed by atoms with E-state index in [0.717, 1.165) is 0 Å². The van der Waals surface area contributed by atoms with Crippen LogP contribution >= 0.6 is 0 Å². The topological polar surface area (TPSA) is 3.24 Å². The molecule has 0 unspecified atom stereocenters. The summed E-state index contributed by atoms with van der Waals surface area (Å²) in [6.45, 7) is 9.38. The molecule has 0 spiro atoms. The fourth-order valence-corrected chi connectivity index (χ4v) is 6.63. The number of hydrogen-bond donors (Lipinski definition) is 0. The maximum Gasteiger partial charge on any atom is 0.121 e. The molecule has 0 rings (SSSR count). The van der Waals surface area contributed by atoms with Gasteiger partial charge in [-0.2, -0.15) is 0 Å². The van der Waals surface area contributed by atoms with E-state index in [2.05, 4.69) is 51.7 Å². The second-order valence-corrected chi connectivity index (χ2v) is 12.0. The summed E-state index contributed by atoms with van der Waals surface area (Å²) in [5.41, 5.74) is 0. The fraction of sp³-hybridized carbons (Fsp3) is 0.800. The van der Waals surface area contributed by atoms with E-state index in [1.807, 2.05) is 0 Å². The predicted molar refractivity (Wildman–Crippen MR) is 68.8 cm³/mol. The highest BCUT2D eigenvalue weighted by atomic mass is 28.3. The molecule has 0 saturated carbocycles. The number of hydrogen-bond acceptors (Lipinski definition) is 1. The molecule has 0 bridgehead atoms. The maximum absolute atomic E-state index is 2.46. The van der Waals surface area contributed by atoms with Crippen LogP contribution in [-0.4, -0.2) is 36.4 Å². The number of rotatable bonds is 5. The minimum absolute atomic E-state index is 0.0930. The molecular formula is C10H25NSi2. The van der Waals surface area contributed by atoms with Crippen molar-refractivity contribution < 1.29 is 0 Å². The normalized spacial score (nSPS) is 14.8. The van der Waals surface area contributed by atoms with Crippen LogP contribution in [0.5, 0.6) is 0 Å². The molecule has 78 valence electrons. The van der Waals surface area contributed by atoms with E-state index in [0.29, 0.717) is 0 Å². The predicted octanol–water partition coefficient (Wildman–Crippen LogP) is 2.26. The summed E-state index contributed by atoms with van der Waals surface area (Å²) in [6, 6.07) is 2.96. The standard InChI is InChI=1S/C10H25NSi2/c1-7-10(2)12-8-9-13(5,6)11(3)4/h7H,8-9,12H2,1-6H3. The van der Waals surface area contributed by atoms with Gasteiger partial charge in [0.1, 0.15) is 8.24 Å². The van der Waals surface area contributed by atoms with Gasteiger partial charge >= 0.3 is 0 Å². The molecule has 13 heavy (non-hydrogen) atoms. The van der Waals surface area contributed by atoms with Gasteiger partial charge in [0.15, 0.2) is 0 Å². The monoisotopic (exact) mass is 215 g/mol. The van der Waals surface area contributed by atoms with Crippen molar-refractivity contribution in [1.82, 2.24) is 4.57 Å². The minimum atomic E-state index is -1.02. The Kier molecular flexibility index (Phi) is 5.84. The van der Waals surface area contributed by atoms with Crippen LogP contribution in [0, 0.1) is 0 Å². The molecule has 0 aliphatic heterocycles. The fourth-order valence-electron chi connectivity index (χ4n) is 1.17. The Balaban J connectivity index is 3.76. The molecule has 0 aromatic heterocycles. The third kappa shape index (κ3) is 5.44. The first-order valence-electron chi connectivity index (χ1n) is 5.19. The summed E-state index contributed by atoms with van der Waals surface area (Å²) in [6.07, 6.45) is 2.29. The van der Waals surface area contributed by atoms with Crippen LogP contribution in [0.4, 0.5) is 0 Å². The van der Waals surface area contributed by atoms with E-state index in [9.17, 15) is 0 Å². The molecule has 0 fully saturated rings. The van der Waals surface area contributed by atoms with E-state index < -0.39 is 8.24 Å². The van der Waals surface area contributed by atoms with Crippen molar-refractivity contribution in [2.24, 2.45) is 0 Å². The quantitative estimate of drug-likeness (QED) is 0.636. The Morgan fingerprint density at radius 3 is 2.31 bits per heavy atom. The molecule has 0 saturated heterocycles. The van der Waals surface area contributed by atoms with Gasteiger partial charge in [-0.3, -0.25) is 0 Å². The summed E-state index contributed by atoms with van der Waals surface area (Å²) in [5.74, 6) is 0. The second kappa shape index (κ2) is 5.78. The molecule has 0 N–H and O–H groups in total. The molecule has 0 atom stereocenters. The molecule has 0 heterocycles. The van der Waals surface area contributed by atoms with Gasteiger partial charge in [-0.1, -0.05) is 30.4 Å². The van der Waals surface area contributed by atoms with E-state index >= 15 is 0 Å². The van der Waals surface area contributed by atoms with Crippen LogP contribution in [0.2, 0.25) is 25.2 Å². The highest BCUT2D eigenvalue weighted by Crippen LogP contribution is 2.15. The van der Waals surface area contributed by atoms with E-state index in [1.54, 1.807) is 5.20 Å². The van der Waals surface area contributed by atoms with Gasteiger partial charge in [-0.25, -0.2) is 0 Å². The molecule has 0 radical (unpaired) electrons. The third-order valence-electron chi connectivity index (χ3n) is 3.06. The minimum Gasteiger partial charge on any atom is -0.329 e. The molecule has 0 amide bonds. The Bertz CT molecular complexity index is 174. The summed E-state index contributed by atoms with van der Waals surface area (Å²) in [7, 11) is 3.54. The van der Waals surface area contributed by atoms with Crippen LogP contribution in [0.15, 0.2) is 11.3 Å². The lowest BCUT2D eigenvalue weighted by Gasteiger charge is -2.30. The van der Waals surface area contributed by atoms with E-state index in [1.165, 1.54) is 12.1 Å². The van der Waals surface area contributed by atoms with Crippen molar-refractivity contribution in [3.63, 3.8) is 0 Å². The molecule has 1 nitrogen and oxygen atoms in total. The molecule has 0 aliphatic rings. The van der Waals surface area contributed by atoms with Crippen molar-refractivity contribution in [2.75, 3.05) is 14.1 Å². The summed E-state index contributed by atoms with van der Waals surface area (Å²) >= 11 is 0. The van der Waals surface area contributed by atoms with E-state index in [4.69, 9.17) is 0 Å². The molecular weight excluding hydrogens is 190 g/mol. The lowest BCUT2D eigenvalue weighted by atomic mass is 10.6. The SMILES string of the molecule is CC=C(C)[SiH2]CC[Si](C)(C)N(C)C. The van der Waals surface area contributed by atoms with Crippen LogP contribution in [-0.2, 0) is 0 Å². The van der Waals surface area contributed by atoms with Crippen LogP contribution < -0.4 is 0 Å². The first kappa shape index (κ1) is 13.1. The Morgan fingerprint density at radius 1 is 1.38 bits per heavy atom. The zero-order valence-electron chi connectivity index (χ0n) is 10.1. The number of allylic oxidation sites excluding steroid dienone is 2.